The third-order valence-electron chi connectivity index (χ3n) is 2.07. The standard InChI is InChI=1S/C7H13IN2O2S/c1-2-13(11,12)10-5-3-9(7-8)4-6-10/h2H,1,3-7H2. The van der Waals surface area contributed by atoms with Crippen LogP contribution in [0.1, 0.15) is 0 Å². The maximum absolute atomic E-state index is 11.3. The van der Waals surface area contributed by atoms with Crippen molar-refractivity contribution < 1.29 is 8.42 Å². The molecule has 0 amide bonds. The molecule has 0 N–H and O–H groups in total. The number of piperazine rings is 1. The quantitative estimate of drug-likeness (QED) is 0.432. The Hall–Kier alpha value is 0.340. The van der Waals surface area contributed by atoms with Crippen LogP contribution in [0, 0.1) is 0 Å². The molecule has 0 atom stereocenters. The molecule has 1 aliphatic rings. The molecular weight excluding hydrogens is 303 g/mol. The molecule has 0 aromatic rings. The normalized spacial score (nSPS) is 21.6. The summed E-state index contributed by atoms with van der Waals surface area (Å²) < 4.78 is 25.1. The van der Waals surface area contributed by atoms with Crippen molar-refractivity contribution in [1.29, 1.82) is 0 Å². The average molecular weight is 316 g/mol. The van der Waals surface area contributed by atoms with Crippen molar-refractivity contribution in [3.05, 3.63) is 12.0 Å². The van der Waals surface area contributed by atoms with Gasteiger partial charge in [-0.15, -0.1) is 0 Å². The largest absolute Gasteiger partial charge is 0.292 e. The van der Waals surface area contributed by atoms with Gasteiger partial charge in [0, 0.05) is 31.6 Å². The molecule has 13 heavy (non-hydrogen) atoms. The van der Waals surface area contributed by atoms with Crippen molar-refractivity contribution in [2.24, 2.45) is 0 Å². The van der Waals surface area contributed by atoms with Gasteiger partial charge in [0.25, 0.3) is 0 Å². The Morgan fingerprint density at radius 1 is 1.31 bits per heavy atom. The van der Waals surface area contributed by atoms with E-state index in [0.29, 0.717) is 13.1 Å². The monoisotopic (exact) mass is 316 g/mol. The van der Waals surface area contributed by atoms with Crippen LogP contribution in [-0.4, -0.2) is 48.4 Å². The summed E-state index contributed by atoms with van der Waals surface area (Å²) >= 11 is 2.28. The maximum atomic E-state index is 11.3. The van der Waals surface area contributed by atoms with Crippen LogP contribution in [0.15, 0.2) is 12.0 Å². The number of rotatable bonds is 3. The number of hydrogen-bond donors (Lipinski definition) is 0. The Kier molecular flexibility index (Phi) is 4.14. The van der Waals surface area contributed by atoms with Crippen LogP contribution in [0.3, 0.4) is 0 Å². The van der Waals surface area contributed by atoms with E-state index in [-0.39, 0.29) is 0 Å². The van der Waals surface area contributed by atoms with Gasteiger partial charge in [-0.05, 0) is 0 Å². The summed E-state index contributed by atoms with van der Waals surface area (Å²) in [5.74, 6) is 0. The van der Waals surface area contributed by atoms with Crippen LogP contribution in [0.2, 0.25) is 0 Å². The highest BCUT2D eigenvalue weighted by Crippen LogP contribution is 2.08. The summed E-state index contributed by atoms with van der Waals surface area (Å²) in [6, 6.07) is 0. The average Bonchev–Trinajstić information content (AvgIpc) is 2.18. The molecule has 1 aliphatic heterocycles. The molecule has 0 aromatic carbocycles. The van der Waals surface area contributed by atoms with Crippen LogP contribution in [0.5, 0.6) is 0 Å². The molecule has 0 unspecified atom stereocenters. The fourth-order valence-electron chi connectivity index (χ4n) is 1.21. The van der Waals surface area contributed by atoms with Gasteiger partial charge in [0.1, 0.15) is 0 Å². The number of alkyl halides is 1. The third kappa shape index (κ3) is 2.90. The zero-order chi connectivity index (χ0) is 9.90. The van der Waals surface area contributed by atoms with Crippen LogP contribution in [0.25, 0.3) is 0 Å². The highest BCUT2D eigenvalue weighted by molar-refractivity contribution is 14.1. The lowest BCUT2D eigenvalue weighted by molar-refractivity contribution is 0.220. The third-order valence-corrected chi connectivity index (χ3v) is 4.54. The van der Waals surface area contributed by atoms with Gasteiger partial charge in [-0.1, -0.05) is 29.2 Å². The Balaban J connectivity index is 2.55. The van der Waals surface area contributed by atoms with Gasteiger partial charge in [0.15, 0.2) is 0 Å². The van der Waals surface area contributed by atoms with Crippen molar-refractivity contribution in [2.75, 3.05) is 30.7 Å². The highest BCUT2D eigenvalue weighted by atomic mass is 127. The Morgan fingerprint density at radius 2 is 1.85 bits per heavy atom. The van der Waals surface area contributed by atoms with Crippen molar-refractivity contribution in [3.8, 4) is 0 Å². The molecule has 0 saturated carbocycles. The summed E-state index contributed by atoms with van der Waals surface area (Å²) in [4.78, 5) is 2.22. The molecule has 4 nitrogen and oxygen atoms in total. The van der Waals surface area contributed by atoms with Gasteiger partial charge in [-0.3, -0.25) is 4.90 Å². The van der Waals surface area contributed by atoms with Gasteiger partial charge >= 0.3 is 0 Å². The van der Waals surface area contributed by atoms with Gasteiger partial charge < -0.3 is 0 Å². The zero-order valence-electron chi connectivity index (χ0n) is 7.32. The molecule has 0 spiro atoms. The fraction of sp³-hybridized carbons (Fsp3) is 0.714. The molecule has 1 heterocycles. The number of hydrogen-bond acceptors (Lipinski definition) is 3. The van der Waals surface area contributed by atoms with Gasteiger partial charge in [0.2, 0.25) is 10.0 Å². The zero-order valence-corrected chi connectivity index (χ0v) is 10.3. The molecule has 0 aliphatic carbocycles. The van der Waals surface area contributed by atoms with Crippen LogP contribution >= 0.6 is 22.6 Å². The molecule has 0 aromatic heterocycles. The summed E-state index contributed by atoms with van der Waals surface area (Å²) in [6.45, 7) is 6.09. The Morgan fingerprint density at radius 3 is 2.23 bits per heavy atom. The van der Waals surface area contributed by atoms with Gasteiger partial charge in [-0.2, -0.15) is 4.31 Å². The molecule has 6 heteroatoms. The minimum Gasteiger partial charge on any atom is -0.292 e. The lowest BCUT2D eigenvalue weighted by Crippen LogP contribution is -2.47. The minimum atomic E-state index is -3.18. The summed E-state index contributed by atoms with van der Waals surface area (Å²) in [5.41, 5.74) is 0. The van der Waals surface area contributed by atoms with E-state index in [2.05, 4.69) is 34.1 Å². The lowest BCUT2D eigenvalue weighted by atomic mass is 10.4. The van der Waals surface area contributed by atoms with Crippen molar-refractivity contribution in [1.82, 2.24) is 9.21 Å². The predicted octanol–water partition coefficient (Wildman–Crippen LogP) is 0.470. The predicted molar refractivity (Wildman–Crippen MR) is 61.1 cm³/mol. The second-order valence-corrected chi connectivity index (χ2v) is 5.41. The molecule has 1 saturated heterocycles. The first kappa shape index (κ1) is 11.4. The fourth-order valence-corrected chi connectivity index (χ4v) is 2.77. The van der Waals surface area contributed by atoms with Crippen molar-refractivity contribution >= 4 is 32.6 Å². The van der Waals surface area contributed by atoms with Gasteiger partial charge in [0.05, 0.1) is 4.55 Å². The molecule has 0 bridgehead atoms. The van der Waals surface area contributed by atoms with E-state index in [9.17, 15) is 8.42 Å². The Labute approximate surface area is 92.8 Å². The smallest absolute Gasteiger partial charge is 0.235 e. The van der Waals surface area contributed by atoms with E-state index >= 15 is 0 Å². The van der Waals surface area contributed by atoms with Crippen LogP contribution < -0.4 is 0 Å². The first-order valence-corrected chi connectivity index (χ1v) is 7.04. The molecular formula is C7H13IN2O2S. The van der Waals surface area contributed by atoms with E-state index in [4.69, 9.17) is 0 Å². The van der Waals surface area contributed by atoms with Crippen LogP contribution in [0.4, 0.5) is 0 Å². The Bertz CT molecular complexity index is 270. The van der Waals surface area contributed by atoms with Crippen molar-refractivity contribution in [3.63, 3.8) is 0 Å². The van der Waals surface area contributed by atoms with E-state index in [1.807, 2.05) is 0 Å². The molecule has 0 radical (unpaired) electrons. The number of halogens is 1. The second-order valence-electron chi connectivity index (χ2n) is 2.85. The summed E-state index contributed by atoms with van der Waals surface area (Å²) in [7, 11) is -3.18. The second kappa shape index (κ2) is 4.72. The summed E-state index contributed by atoms with van der Waals surface area (Å²) in [5, 5.41) is 1.02. The summed E-state index contributed by atoms with van der Waals surface area (Å²) in [6.07, 6.45) is 0. The highest BCUT2D eigenvalue weighted by Gasteiger charge is 2.23. The van der Waals surface area contributed by atoms with Crippen molar-refractivity contribution in [2.45, 2.75) is 0 Å². The topological polar surface area (TPSA) is 40.6 Å². The number of nitrogens with zero attached hydrogens (tertiary/aromatic N) is 2. The lowest BCUT2D eigenvalue weighted by Gasteiger charge is -2.31. The van der Waals surface area contributed by atoms with E-state index in [1.54, 1.807) is 0 Å². The van der Waals surface area contributed by atoms with Gasteiger partial charge in [-0.25, -0.2) is 8.42 Å². The molecule has 1 fully saturated rings. The SMILES string of the molecule is C=CS(=O)(=O)N1CCN(CI)CC1. The first-order valence-electron chi connectivity index (χ1n) is 4.01. The minimum absolute atomic E-state index is 0.581. The molecule has 76 valence electrons. The first-order chi connectivity index (χ1) is 6.10. The van der Waals surface area contributed by atoms with E-state index in [0.717, 1.165) is 23.0 Å². The van der Waals surface area contributed by atoms with E-state index < -0.39 is 10.0 Å². The van der Waals surface area contributed by atoms with E-state index in [1.165, 1.54) is 4.31 Å². The number of sulfonamides is 1. The van der Waals surface area contributed by atoms with Crippen LogP contribution in [-0.2, 0) is 10.0 Å². The maximum Gasteiger partial charge on any atom is 0.235 e. The molecule has 1 rings (SSSR count).